The average Bonchev–Trinajstić information content (AvgIpc) is 2.50. The summed E-state index contributed by atoms with van der Waals surface area (Å²) >= 11 is 0. The number of rotatable bonds is 1. The molecule has 0 aromatic heterocycles. The Hall–Kier alpha value is -0.220. The van der Waals surface area contributed by atoms with Crippen molar-refractivity contribution in [2.45, 2.75) is 43.7 Å². The number of hydrogen-bond donors (Lipinski definition) is 1. The first-order valence-corrected chi connectivity index (χ1v) is 4.93. The van der Waals surface area contributed by atoms with Crippen molar-refractivity contribution < 1.29 is 8.78 Å². The molecule has 2 rings (SSSR count). The topological polar surface area (TPSA) is 29.3 Å². The summed E-state index contributed by atoms with van der Waals surface area (Å²) in [4.78, 5) is 2.30. The van der Waals surface area contributed by atoms with Gasteiger partial charge in [0.25, 0.3) is 6.43 Å². The molecule has 2 N–H and O–H groups in total. The standard InChI is InChI=1S/C9H16F2N2/c10-8(11)9(12)3-5-13-4-1-2-7(13)6-9/h7-8H,1-6,12H2. The smallest absolute Gasteiger partial charge is 0.256 e. The van der Waals surface area contributed by atoms with Crippen LogP contribution in [0.5, 0.6) is 0 Å². The lowest BCUT2D eigenvalue weighted by Gasteiger charge is -2.41. The van der Waals surface area contributed by atoms with Gasteiger partial charge in [-0.05, 0) is 32.2 Å². The van der Waals surface area contributed by atoms with Gasteiger partial charge < -0.3 is 10.6 Å². The van der Waals surface area contributed by atoms with E-state index in [1.165, 1.54) is 0 Å². The largest absolute Gasteiger partial charge is 0.320 e. The lowest BCUT2D eigenvalue weighted by Crippen LogP contribution is -2.57. The Morgan fingerprint density at radius 1 is 1.38 bits per heavy atom. The molecule has 0 spiro atoms. The quantitative estimate of drug-likeness (QED) is 0.673. The highest BCUT2D eigenvalue weighted by molar-refractivity contribution is 4.99. The van der Waals surface area contributed by atoms with Crippen molar-refractivity contribution in [2.24, 2.45) is 5.73 Å². The Morgan fingerprint density at radius 3 is 2.85 bits per heavy atom. The van der Waals surface area contributed by atoms with E-state index in [-0.39, 0.29) is 0 Å². The molecule has 2 saturated heterocycles. The van der Waals surface area contributed by atoms with Crippen molar-refractivity contribution in [3.8, 4) is 0 Å². The Bertz CT molecular complexity index is 198. The van der Waals surface area contributed by atoms with Crippen molar-refractivity contribution in [3.05, 3.63) is 0 Å². The van der Waals surface area contributed by atoms with Gasteiger partial charge in [-0.2, -0.15) is 0 Å². The zero-order valence-corrected chi connectivity index (χ0v) is 7.68. The van der Waals surface area contributed by atoms with Gasteiger partial charge in [0.05, 0.1) is 5.54 Å². The fourth-order valence-corrected chi connectivity index (χ4v) is 2.51. The van der Waals surface area contributed by atoms with Crippen LogP contribution in [0, 0.1) is 0 Å². The van der Waals surface area contributed by atoms with Crippen molar-refractivity contribution in [3.63, 3.8) is 0 Å². The molecule has 76 valence electrons. The highest BCUT2D eigenvalue weighted by atomic mass is 19.3. The summed E-state index contributed by atoms with van der Waals surface area (Å²) in [6, 6.07) is 0.327. The monoisotopic (exact) mass is 190 g/mol. The van der Waals surface area contributed by atoms with E-state index in [4.69, 9.17) is 5.73 Å². The van der Waals surface area contributed by atoms with Gasteiger partial charge in [-0.1, -0.05) is 0 Å². The van der Waals surface area contributed by atoms with Crippen LogP contribution < -0.4 is 5.73 Å². The molecule has 0 aliphatic carbocycles. The minimum absolute atomic E-state index is 0.327. The molecule has 2 aliphatic rings. The Kier molecular flexibility index (Phi) is 2.28. The van der Waals surface area contributed by atoms with Gasteiger partial charge in [0, 0.05) is 12.6 Å². The van der Waals surface area contributed by atoms with E-state index < -0.39 is 12.0 Å². The Labute approximate surface area is 77.1 Å². The second kappa shape index (κ2) is 3.17. The highest BCUT2D eigenvalue weighted by Crippen LogP contribution is 2.34. The van der Waals surface area contributed by atoms with Crippen molar-refractivity contribution >= 4 is 0 Å². The van der Waals surface area contributed by atoms with Crippen LogP contribution in [-0.2, 0) is 0 Å². The van der Waals surface area contributed by atoms with Crippen LogP contribution in [-0.4, -0.2) is 36.0 Å². The van der Waals surface area contributed by atoms with E-state index in [9.17, 15) is 8.78 Å². The van der Waals surface area contributed by atoms with Gasteiger partial charge in [-0.15, -0.1) is 0 Å². The summed E-state index contributed by atoms with van der Waals surface area (Å²) in [7, 11) is 0. The third kappa shape index (κ3) is 1.57. The zero-order valence-electron chi connectivity index (χ0n) is 7.68. The maximum Gasteiger partial charge on any atom is 0.256 e. The molecule has 0 aromatic rings. The fraction of sp³-hybridized carbons (Fsp3) is 1.00. The van der Waals surface area contributed by atoms with Gasteiger partial charge in [-0.25, -0.2) is 8.78 Å². The number of fused-ring (bicyclic) bond motifs is 1. The SMILES string of the molecule is NC1(C(F)F)CCN2CCCC2C1. The van der Waals surface area contributed by atoms with Crippen molar-refractivity contribution in [1.82, 2.24) is 4.90 Å². The van der Waals surface area contributed by atoms with E-state index in [2.05, 4.69) is 4.90 Å². The summed E-state index contributed by atoms with van der Waals surface area (Å²) in [5, 5.41) is 0. The summed E-state index contributed by atoms with van der Waals surface area (Å²) in [6.45, 7) is 1.83. The number of hydrogen-bond acceptors (Lipinski definition) is 2. The molecule has 0 bridgehead atoms. The molecule has 0 aromatic carbocycles. The third-order valence-corrected chi connectivity index (χ3v) is 3.41. The van der Waals surface area contributed by atoms with E-state index >= 15 is 0 Å². The maximum atomic E-state index is 12.6. The molecule has 2 fully saturated rings. The lowest BCUT2D eigenvalue weighted by molar-refractivity contribution is 0.0000448. The molecular weight excluding hydrogens is 174 g/mol. The predicted octanol–water partition coefficient (Wildman–Crippen LogP) is 1.21. The number of nitrogens with two attached hydrogens (primary N) is 1. The van der Waals surface area contributed by atoms with Gasteiger partial charge in [0.15, 0.2) is 0 Å². The number of piperidine rings is 1. The van der Waals surface area contributed by atoms with Gasteiger partial charge >= 0.3 is 0 Å². The van der Waals surface area contributed by atoms with Crippen LogP contribution in [0.25, 0.3) is 0 Å². The number of nitrogens with zero attached hydrogens (tertiary/aromatic N) is 1. The molecule has 0 saturated carbocycles. The zero-order chi connectivity index (χ0) is 9.47. The summed E-state index contributed by atoms with van der Waals surface area (Å²) in [5.74, 6) is 0. The molecule has 2 aliphatic heterocycles. The average molecular weight is 190 g/mol. The molecule has 2 unspecified atom stereocenters. The normalized spacial score (nSPS) is 41.1. The maximum absolute atomic E-state index is 12.6. The van der Waals surface area contributed by atoms with E-state index in [1.54, 1.807) is 0 Å². The molecule has 0 amide bonds. The van der Waals surface area contributed by atoms with Gasteiger partial charge in [0.1, 0.15) is 0 Å². The number of alkyl halides is 2. The van der Waals surface area contributed by atoms with E-state index in [0.29, 0.717) is 18.9 Å². The van der Waals surface area contributed by atoms with Crippen LogP contribution in [0.3, 0.4) is 0 Å². The van der Waals surface area contributed by atoms with Crippen molar-refractivity contribution in [2.75, 3.05) is 13.1 Å². The highest BCUT2D eigenvalue weighted by Gasteiger charge is 2.44. The Morgan fingerprint density at radius 2 is 2.15 bits per heavy atom. The van der Waals surface area contributed by atoms with E-state index in [0.717, 1.165) is 25.9 Å². The van der Waals surface area contributed by atoms with Gasteiger partial charge in [-0.3, -0.25) is 0 Å². The van der Waals surface area contributed by atoms with Crippen LogP contribution >= 0.6 is 0 Å². The van der Waals surface area contributed by atoms with Gasteiger partial charge in [0.2, 0.25) is 0 Å². The minimum Gasteiger partial charge on any atom is -0.320 e. The third-order valence-electron chi connectivity index (χ3n) is 3.41. The molecule has 2 heterocycles. The molecule has 13 heavy (non-hydrogen) atoms. The summed E-state index contributed by atoms with van der Waals surface area (Å²) in [6.07, 6.45) is 0.747. The van der Waals surface area contributed by atoms with Crippen LogP contribution in [0.4, 0.5) is 8.78 Å². The van der Waals surface area contributed by atoms with Crippen molar-refractivity contribution in [1.29, 1.82) is 0 Å². The number of halogens is 2. The lowest BCUT2D eigenvalue weighted by atomic mass is 9.84. The minimum atomic E-state index is -2.37. The molecular formula is C9H16F2N2. The second-order valence-corrected chi connectivity index (χ2v) is 4.32. The molecule has 2 atom stereocenters. The molecule has 0 radical (unpaired) electrons. The molecule has 4 heteroatoms. The Balaban J connectivity index is 2.04. The van der Waals surface area contributed by atoms with E-state index in [1.807, 2.05) is 0 Å². The summed E-state index contributed by atoms with van der Waals surface area (Å²) < 4.78 is 25.2. The van der Waals surface area contributed by atoms with Crippen LogP contribution in [0.1, 0.15) is 25.7 Å². The first kappa shape index (κ1) is 9.34. The molecule has 2 nitrogen and oxygen atoms in total. The second-order valence-electron chi connectivity index (χ2n) is 4.32. The van der Waals surface area contributed by atoms with Crippen LogP contribution in [0.2, 0.25) is 0 Å². The van der Waals surface area contributed by atoms with Crippen LogP contribution in [0.15, 0.2) is 0 Å². The summed E-state index contributed by atoms with van der Waals surface area (Å²) in [5.41, 5.74) is 4.48. The first-order valence-electron chi connectivity index (χ1n) is 4.93. The fourth-order valence-electron chi connectivity index (χ4n) is 2.51. The predicted molar refractivity (Wildman–Crippen MR) is 46.8 cm³/mol. The first-order chi connectivity index (χ1) is 6.12.